The number of hydrogen-bond donors (Lipinski definition) is 0. The van der Waals surface area contributed by atoms with Crippen LogP contribution < -0.4 is 0 Å². The van der Waals surface area contributed by atoms with Crippen LogP contribution in [0, 0.1) is 19.1 Å². The van der Waals surface area contributed by atoms with E-state index in [2.05, 4.69) is 71.5 Å². The third kappa shape index (κ3) is 5.73. The Hall–Kier alpha value is -4.37. The number of aryl methyl sites for hydroxylation is 1. The van der Waals surface area contributed by atoms with Crippen LogP contribution in [0.15, 0.2) is 132 Å². The fourth-order valence-electron chi connectivity index (χ4n) is 4.50. The molecule has 39 heavy (non-hydrogen) atoms. The molecule has 0 fully saturated rings. The molecular formula is C35H24IrN2O-2. The van der Waals surface area contributed by atoms with Crippen molar-refractivity contribution in [2.24, 2.45) is 0 Å². The number of pyridine rings is 2. The van der Waals surface area contributed by atoms with Gasteiger partial charge in [0.25, 0.3) is 0 Å². The zero-order valence-corrected chi connectivity index (χ0v) is 23.7. The predicted octanol–water partition coefficient (Wildman–Crippen LogP) is 8.97. The molecule has 7 rings (SSSR count). The number of benzene rings is 4. The van der Waals surface area contributed by atoms with E-state index in [0.29, 0.717) is 0 Å². The van der Waals surface area contributed by atoms with Gasteiger partial charge in [-0.2, -0.15) is 0 Å². The first-order valence-corrected chi connectivity index (χ1v) is 12.5. The third-order valence-electron chi connectivity index (χ3n) is 6.36. The molecule has 3 heterocycles. The molecule has 3 aromatic heterocycles. The first kappa shape index (κ1) is 26.2. The molecule has 0 N–H and O–H groups in total. The van der Waals surface area contributed by atoms with Gasteiger partial charge in [-0.15, -0.1) is 53.6 Å². The molecule has 191 valence electrons. The van der Waals surface area contributed by atoms with E-state index in [1.807, 2.05) is 72.8 Å². The second-order valence-electron chi connectivity index (χ2n) is 8.98. The van der Waals surface area contributed by atoms with Gasteiger partial charge >= 0.3 is 0 Å². The summed E-state index contributed by atoms with van der Waals surface area (Å²) in [5.74, 6) is 0. The average Bonchev–Trinajstić information content (AvgIpc) is 3.37. The molecule has 0 atom stereocenters. The van der Waals surface area contributed by atoms with Gasteiger partial charge < -0.3 is 14.4 Å². The van der Waals surface area contributed by atoms with E-state index in [4.69, 9.17) is 4.42 Å². The topological polar surface area (TPSA) is 38.9 Å². The van der Waals surface area contributed by atoms with Gasteiger partial charge in [-0.1, -0.05) is 77.7 Å². The van der Waals surface area contributed by atoms with Crippen LogP contribution in [-0.4, -0.2) is 9.97 Å². The molecule has 0 unspecified atom stereocenters. The molecule has 0 saturated carbocycles. The van der Waals surface area contributed by atoms with Crippen molar-refractivity contribution < 1.29 is 24.5 Å². The maximum Gasteiger partial charge on any atom is 0.121 e. The van der Waals surface area contributed by atoms with Gasteiger partial charge in [0, 0.05) is 37.9 Å². The molecule has 0 bridgehead atoms. The van der Waals surface area contributed by atoms with E-state index in [9.17, 15) is 0 Å². The van der Waals surface area contributed by atoms with E-state index < -0.39 is 0 Å². The van der Waals surface area contributed by atoms with Gasteiger partial charge in [0.15, 0.2) is 0 Å². The molecule has 0 spiro atoms. The van der Waals surface area contributed by atoms with Gasteiger partial charge in [-0.25, -0.2) is 0 Å². The van der Waals surface area contributed by atoms with Gasteiger partial charge in [-0.3, -0.25) is 0 Å². The summed E-state index contributed by atoms with van der Waals surface area (Å²) >= 11 is 0. The monoisotopic (exact) mass is 681 g/mol. The Bertz CT molecular complexity index is 1760. The van der Waals surface area contributed by atoms with Crippen LogP contribution in [0.2, 0.25) is 0 Å². The fourth-order valence-corrected chi connectivity index (χ4v) is 4.50. The molecule has 0 saturated heterocycles. The van der Waals surface area contributed by atoms with Crippen molar-refractivity contribution in [3.8, 4) is 33.6 Å². The SMILES string of the molecule is Cc1ccc2c(c1)oc1c(-c3ccccn3)[c-]ccc12.[Ir].[c-]1ccc(-c2ccccc2)cc1-c1ccccn1. The summed E-state index contributed by atoms with van der Waals surface area (Å²) < 4.78 is 6.05. The minimum absolute atomic E-state index is 0. The maximum absolute atomic E-state index is 6.05. The molecule has 3 nitrogen and oxygen atoms in total. The van der Waals surface area contributed by atoms with Gasteiger partial charge in [-0.05, 0) is 47.6 Å². The number of fused-ring (bicyclic) bond motifs is 3. The molecule has 0 amide bonds. The summed E-state index contributed by atoms with van der Waals surface area (Å²) in [4.78, 5) is 8.75. The number of hydrogen-bond acceptors (Lipinski definition) is 3. The Balaban J connectivity index is 0.000000155. The van der Waals surface area contributed by atoms with E-state index in [-0.39, 0.29) is 20.1 Å². The smallest absolute Gasteiger partial charge is 0.121 e. The quantitative estimate of drug-likeness (QED) is 0.175. The van der Waals surface area contributed by atoms with Crippen molar-refractivity contribution in [2.45, 2.75) is 6.92 Å². The zero-order chi connectivity index (χ0) is 25.7. The van der Waals surface area contributed by atoms with Crippen LogP contribution >= 0.6 is 0 Å². The summed E-state index contributed by atoms with van der Waals surface area (Å²) in [6.45, 7) is 2.07. The van der Waals surface area contributed by atoms with E-state index in [1.165, 1.54) is 16.7 Å². The Morgan fingerprint density at radius 3 is 2.08 bits per heavy atom. The molecule has 1 radical (unpaired) electrons. The van der Waals surface area contributed by atoms with Crippen LogP contribution in [0.4, 0.5) is 0 Å². The van der Waals surface area contributed by atoms with E-state index in [0.717, 1.165) is 44.5 Å². The molecule has 7 aromatic rings. The summed E-state index contributed by atoms with van der Waals surface area (Å²) in [6.07, 6.45) is 3.59. The second-order valence-corrected chi connectivity index (χ2v) is 8.98. The number of furan rings is 1. The molecule has 4 heteroatoms. The first-order valence-electron chi connectivity index (χ1n) is 12.5. The number of rotatable bonds is 3. The van der Waals surface area contributed by atoms with E-state index in [1.54, 1.807) is 12.4 Å². The largest absolute Gasteiger partial charge is 0.501 e. The minimum atomic E-state index is 0. The predicted molar refractivity (Wildman–Crippen MR) is 154 cm³/mol. The standard InChI is InChI=1S/C18H12NO.C17H12N.Ir/c1-12-8-9-13-14-5-4-6-15(16-7-2-3-10-19-16)18(14)20-17(13)11-12;1-2-7-14(8-3-1)15-9-6-10-16(13-15)17-11-4-5-12-18-17;/h2-5,7-11H,1H3;1-9,11-13H;/q2*-1;. The third-order valence-corrected chi connectivity index (χ3v) is 6.36. The van der Waals surface area contributed by atoms with E-state index >= 15 is 0 Å². The second kappa shape index (κ2) is 12.0. The normalized spacial score (nSPS) is 10.5. The number of aromatic nitrogens is 2. The Labute approximate surface area is 241 Å². The Morgan fingerprint density at radius 1 is 0.615 bits per heavy atom. The van der Waals surface area contributed by atoms with Crippen LogP contribution in [0.25, 0.3) is 55.6 Å². The molecule has 0 aliphatic heterocycles. The van der Waals surface area contributed by atoms with Crippen molar-refractivity contribution in [1.29, 1.82) is 0 Å². The minimum Gasteiger partial charge on any atom is -0.501 e. The Kier molecular flexibility index (Phi) is 8.07. The van der Waals surface area contributed by atoms with Crippen LogP contribution in [0.1, 0.15) is 5.56 Å². The van der Waals surface area contributed by atoms with Crippen molar-refractivity contribution in [2.75, 3.05) is 0 Å². The summed E-state index contributed by atoms with van der Waals surface area (Å²) in [5, 5.41) is 2.25. The molecule has 0 aliphatic rings. The van der Waals surface area contributed by atoms with Crippen molar-refractivity contribution in [3.05, 3.63) is 145 Å². The summed E-state index contributed by atoms with van der Waals surface area (Å²) in [6, 6.07) is 45.0. The van der Waals surface area contributed by atoms with Crippen LogP contribution in [0.3, 0.4) is 0 Å². The van der Waals surface area contributed by atoms with Crippen molar-refractivity contribution in [3.63, 3.8) is 0 Å². The zero-order valence-electron chi connectivity index (χ0n) is 21.3. The summed E-state index contributed by atoms with van der Waals surface area (Å²) in [7, 11) is 0. The molecular weight excluding hydrogens is 657 g/mol. The molecule has 0 aliphatic carbocycles. The van der Waals surface area contributed by atoms with Crippen molar-refractivity contribution >= 4 is 21.9 Å². The van der Waals surface area contributed by atoms with Crippen LogP contribution in [-0.2, 0) is 20.1 Å². The summed E-state index contributed by atoms with van der Waals surface area (Å²) in [5.41, 5.74) is 9.14. The van der Waals surface area contributed by atoms with Crippen LogP contribution in [0.5, 0.6) is 0 Å². The number of nitrogens with zero attached hydrogens (tertiary/aromatic N) is 2. The fraction of sp³-hybridized carbons (Fsp3) is 0.0286. The van der Waals surface area contributed by atoms with Gasteiger partial charge in [0.05, 0.1) is 5.58 Å². The maximum atomic E-state index is 6.05. The first-order chi connectivity index (χ1) is 18.8. The Morgan fingerprint density at radius 2 is 1.33 bits per heavy atom. The van der Waals surface area contributed by atoms with Gasteiger partial charge in [0.2, 0.25) is 0 Å². The average molecular weight is 681 g/mol. The van der Waals surface area contributed by atoms with Crippen molar-refractivity contribution in [1.82, 2.24) is 9.97 Å². The molecule has 4 aromatic carbocycles. The van der Waals surface area contributed by atoms with Gasteiger partial charge in [0.1, 0.15) is 5.58 Å².